The van der Waals surface area contributed by atoms with Crippen LogP contribution in [0.15, 0.2) is 42.5 Å². The lowest BCUT2D eigenvalue weighted by atomic mass is 10.1. The van der Waals surface area contributed by atoms with Crippen LogP contribution in [-0.4, -0.2) is 47.2 Å². The Hall–Kier alpha value is -2.97. The third-order valence-corrected chi connectivity index (χ3v) is 4.55. The van der Waals surface area contributed by atoms with Crippen molar-refractivity contribution in [2.45, 2.75) is 31.4 Å². The predicted molar refractivity (Wildman–Crippen MR) is 91.2 cm³/mol. The number of nitrogens with zero attached hydrogens (tertiary/aromatic N) is 2. The number of likely N-dealkylation sites (tertiary alicyclic amines) is 1. The molecule has 4 rings (SSSR count). The van der Waals surface area contributed by atoms with Crippen LogP contribution in [-0.2, 0) is 11.0 Å². The molecular weight excluding hydrogens is 377 g/mol. The molecule has 1 fully saturated rings. The van der Waals surface area contributed by atoms with Crippen molar-refractivity contribution in [3.05, 3.63) is 48.2 Å². The second kappa shape index (κ2) is 6.88. The highest BCUT2D eigenvalue weighted by molar-refractivity contribution is 5.83. The summed E-state index contributed by atoms with van der Waals surface area (Å²) in [5.74, 6) is 0.713. The van der Waals surface area contributed by atoms with Gasteiger partial charge < -0.3 is 19.1 Å². The fraction of sp³-hybridized carbons (Fsp3) is 0.368. The van der Waals surface area contributed by atoms with Gasteiger partial charge in [0.15, 0.2) is 11.5 Å². The molecule has 0 spiro atoms. The summed E-state index contributed by atoms with van der Waals surface area (Å²) in [5, 5.41) is 0. The number of benzene rings is 1. The Morgan fingerprint density at radius 1 is 1.11 bits per heavy atom. The molecule has 2 aromatic rings. The monoisotopic (exact) mass is 394 g/mol. The number of halogens is 3. The standard InChI is InChI=1S/C19H17F3N2O4/c1-11-17(28-14-6-3-2-5-13(14)26-11)18(25)24-9-12(10-24)27-16-8-4-7-15(23-16)19(20,21)22/h2-8,11-12,17H,9-10H2,1H3. The van der Waals surface area contributed by atoms with Crippen LogP contribution in [0.1, 0.15) is 12.6 Å². The Bertz CT molecular complexity index is 883. The second-order valence-corrected chi connectivity index (χ2v) is 6.65. The van der Waals surface area contributed by atoms with E-state index in [1.165, 1.54) is 17.0 Å². The highest BCUT2D eigenvalue weighted by atomic mass is 19.4. The van der Waals surface area contributed by atoms with Crippen LogP contribution in [0.3, 0.4) is 0 Å². The molecule has 0 aliphatic carbocycles. The van der Waals surface area contributed by atoms with Crippen LogP contribution in [0.5, 0.6) is 17.4 Å². The minimum Gasteiger partial charge on any atom is -0.482 e. The molecule has 0 radical (unpaired) electrons. The van der Waals surface area contributed by atoms with Crippen LogP contribution < -0.4 is 14.2 Å². The quantitative estimate of drug-likeness (QED) is 0.801. The molecule has 2 aliphatic heterocycles. The van der Waals surface area contributed by atoms with Gasteiger partial charge in [-0.1, -0.05) is 18.2 Å². The van der Waals surface area contributed by atoms with Crippen molar-refractivity contribution >= 4 is 5.91 Å². The van der Waals surface area contributed by atoms with E-state index in [1.54, 1.807) is 25.1 Å². The maximum absolute atomic E-state index is 12.7. The van der Waals surface area contributed by atoms with Gasteiger partial charge >= 0.3 is 6.18 Å². The molecule has 28 heavy (non-hydrogen) atoms. The van der Waals surface area contributed by atoms with Gasteiger partial charge in [0.2, 0.25) is 12.0 Å². The molecule has 3 heterocycles. The smallest absolute Gasteiger partial charge is 0.433 e. The average Bonchev–Trinajstić information content (AvgIpc) is 2.63. The highest BCUT2D eigenvalue weighted by Gasteiger charge is 2.42. The summed E-state index contributed by atoms with van der Waals surface area (Å²) in [6, 6.07) is 10.6. The number of carbonyl (C=O) groups is 1. The molecule has 2 unspecified atom stereocenters. The lowest BCUT2D eigenvalue weighted by molar-refractivity contribution is -0.153. The van der Waals surface area contributed by atoms with Gasteiger partial charge in [0, 0.05) is 6.07 Å². The van der Waals surface area contributed by atoms with Crippen LogP contribution in [0.2, 0.25) is 0 Å². The number of fused-ring (bicyclic) bond motifs is 1. The summed E-state index contributed by atoms with van der Waals surface area (Å²) < 4.78 is 55.1. The topological polar surface area (TPSA) is 60.9 Å². The Kier molecular flexibility index (Phi) is 4.52. The molecule has 1 aromatic heterocycles. The first kappa shape index (κ1) is 18.4. The normalized spacial score (nSPS) is 21.8. The molecule has 9 heteroatoms. The van der Waals surface area contributed by atoms with Gasteiger partial charge in [-0.2, -0.15) is 13.2 Å². The molecule has 2 aliphatic rings. The van der Waals surface area contributed by atoms with Gasteiger partial charge in [-0.05, 0) is 25.1 Å². The average molecular weight is 394 g/mol. The summed E-state index contributed by atoms with van der Waals surface area (Å²) in [7, 11) is 0. The molecule has 1 amide bonds. The molecule has 2 atom stereocenters. The van der Waals surface area contributed by atoms with Crippen molar-refractivity contribution in [1.82, 2.24) is 9.88 Å². The molecule has 6 nitrogen and oxygen atoms in total. The Labute approximate surface area is 158 Å². The first-order chi connectivity index (χ1) is 13.3. The van der Waals surface area contributed by atoms with Crippen LogP contribution in [0.4, 0.5) is 13.2 Å². The van der Waals surface area contributed by atoms with E-state index in [0.717, 1.165) is 6.07 Å². The summed E-state index contributed by atoms with van der Waals surface area (Å²) >= 11 is 0. The molecule has 1 aromatic carbocycles. The molecule has 1 saturated heterocycles. The van der Waals surface area contributed by atoms with Gasteiger partial charge in [0.05, 0.1) is 13.1 Å². The zero-order valence-electron chi connectivity index (χ0n) is 14.8. The van der Waals surface area contributed by atoms with E-state index in [0.29, 0.717) is 11.5 Å². The van der Waals surface area contributed by atoms with Crippen molar-refractivity contribution in [2.75, 3.05) is 13.1 Å². The van der Waals surface area contributed by atoms with Gasteiger partial charge in [0.25, 0.3) is 5.91 Å². The van der Waals surface area contributed by atoms with E-state index in [2.05, 4.69) is 4.98 Å². The van der Waals surface area contributed by atoms with E-state index in [-0.39, 0.29) is 24.9 Å². The van der Waals surface area contributed by atoms with Gasteiger partial charge in [-0.3, -0.25) is 4.79 Å². The number of rotatable bonds is 3. The Morgan fingerprint density at radius 2 is 1.79 bits per heavy atom. The first-order valence-corrected chi connectivity index (χ1v) is 8.73. The fourth-order valence-corrected chi connectivity index (χ4v) is 3.07. The molecule has 0 saturated carbocycles. The Balaban J connectivity index is 1.35. The number of hydrogen-bond donors (Lipinski definition) is 0. The van der Waals surface area contributed by atoms with Crippen LogP contribution >= 0.6 is 0 Å². The van der Waals surface area contributed by atoms with Crippen molar-refractivity contribution in [1.29, 1.82) is 0 Å². The Morgan fingerprint density at radius 3 is 2.46 bits per heavy atom. The summed E-state index contributed by atoms with van der Waals surface area (Å²) in [6.45, 7) is 2.23. The van der Waals surface area contributed by atoms with Crippen molar-refractivity contribution in [3.8, 4) is 17.4 Å². The minimum atomic E-state index is -4.54. The molecular formula is C19H17F3N2O4. The lowest BCUT2D eigenvalue weighted by Gasteiger charge is -2.42. The largest absolute Gasteiger partial charge is 0.482 e. The number of amides is 1. The van der Waals surface area contributed by atoms with Gasteiger partial charge in [0.1, 0.15) is 17.9 Å². The van der Waals surface area contributed by atoms with Crippen molar-refractivity contribution in [3.63, 3.8) is 0 Å². The number of carbonyl (C=O) groups excluding carboxylic acids is 1. The summed E-state index contributed by atoms with van der Waals surface area (Å²) in [4.78, 5) is 17.7. The zero-order valence-corrected chi connectivity index (χ0v) is 14.8. The predicted octanol–water partition coefficient (Wildman–Crippen LogP) is 2.92. The van der Waals surface area contributed by atoms with Gasteiger partial charge in [-0.25, -0.2) is 4.98 Å². The molecule has 0 bridgehead atoms. The van der Waals surface area contributed by atoms with E-state index in [4.69, 9.17) is 14.2 Å². The van der Waals surface area contributed by atoms with Crippen molar-refractivity contribution in [2.24, 2.45) is 0 Å². The van der Waals surface area contributed by atoms with Crippen LogP contribution in [0.25, 0.3) is 0 Å². The maximum Gasteiger partial charge on any atom is 0.433 e. The number of aromatic nitrogens is 1. The fourth-order valence-electron chi connectivity index (χ4n) is 3.07. The van der Waals surface area contributed by atoms with E-state index in [9.17, 15) is 18.0 Å². The minimum absolute atomic E-state index is 0.119. The first-order valence-electron chi connectivity index (χ1n) is 8.73. The molecule has 148 valence electrons. The van der Waals surface area contributed by atoms with E-state index >= 15 is 0 Å². The van der Waals surface area contributed by atoms with Gasteiger partial charge in [-0.15, -0.1) is 0 Å². The number of pyridine rings is 1. The second-order valence-electron chi connectivity index (χ2n) is 6.65. The van der Waals surface area contributed by atoms with Crippen LogP contribution in [0, 0.1) is 0 Å². The van der Waals surface area contributed by atoms with E-state index in [1.807, 2.05) is 6.07 Å². The van der Waals surface area contributed by atoms with Crippen molar-refractivity contribution < 1.29 is 32.2 Å². The summed E-state index contributed by atoms with van der Waals surface area (Å²) in [6.07, 6.45) is -6.21. The van der Waals surface area contributed by atoms with E-state index < -0.39 is 30.2 Å². The lowest BCUT2D eigenvalue weighted by Crippen LogP contribution is -2.61. The maximum atomic E-state index is 12.7. The number of alkyl halides is 3. The summed E-state index contributed by atoms with van der Waals surface area (Å²) in [5.41, 5.74) is -1.02. The number of para-hydroxylation sites is 2. The number of hydrogen-bond acceptors (Lipinski definition) is 5. The number of ether oxygens (including phenoxy) is 3. The molecule has 0 N–H and O–H groups in total. The highest BCUT2D eigenvalue weighted by Crippen LogP contribution is 2.34. The third kappa shape index (κ3) is 3.56. The third-order valence-electron chi connectivity index (χ3n) is 4.55. The zero-order chi connectivity index (χ0) is 19.9. The SMILES string of the molecule is CC1Oc2ccccc2OC1C(=O)N1CC(Oc2cccc(C(F)(F)F)n2)C1.